The quantitative estimate of drug-likeness (QED) is 0.847. The van der Waals surface area contributed by atoms with Gasteiger partial charge in [0.05, 0.1) is 5.56 Å². The van der Waals surface area contributed by atoms with Gasteiger partial charge in [0.2, 0.25) is 10.0 Å². The standard InChI is InChI=1S/C15H18N2O3S2/c1-2-11(12-6-4-3-5-7-12)9-17-15(18)13-8-14(21-10-13)22(16,19)20/h3-8,10-11H,2,9H2,1H3,(H,17,18)(H2,16,19,20)/t11-/m1/s1. The number of sulfonamides is 1. The number of rotatable bonds is 6. The molecule has 0 bridgehead atoms. The van der Waals surface area contributed by atoms with E-state index in [9.17, 15) is 13.2 Å². The van der Waals surface area contributed by atoms with E-state index in [1.807, 2.05) is 30.3 Å². The van der Waals surface area contributed by atoms with Crippen LogP contribution in [0.2, 0.25) is 0 Å². The maximum atomic E-state index is 12.1. The number of carbonyl (C=O) groups excluding carboxylic acids is 1. The Morgan fingerprint density at radius 3 is 2.55 bits per heavy atom. The van der Waals surface area contributed by atoms with Gasteiger partial charge in [0, 0.05) is 17.8 Å². The van der Waals surface area contributed by atoms with Crippen molar-refractivity contribution in [1.29, 1.82) is 0 Å². The SMILES string of the molecule is CC[C@H](CNC(=O)c1csc(S(N)(=O)=O)c1)c1ccccc1. The molecule has 0 aliphatic carbocycles. The molecule has 0 saturated heterocycles. The van der Waals surface area contributed by atoms with Crippen LogP contribution in [0.5, 0.6) is 0 Å². The Morgan fingerprint density at radius 2 is 2.00 bits per heavy atom. The third kappa shape index (κ3) is 4.16. The highest BCUT2D eigenvalue weighted by Crippen LogP contribution is 2.20. The number of primary sulfonamides is 1. The molecule has 0 radical (unpaired) electrons. The molecule has 0 aliphatic heterocycles. The number of hydrogen-bond acceptors (Lipinski definition) is 4. The van der Waals surface area contributed by atoms with Gasteiger partial charge in [0.15, 0.2) is 0 Å². The number of thiophene rings is 1. The second-order valence-corrected chi connectivity index (χ2v) is 7.62. The molecule has 0 aliphatic rings. The maximum absolute atomic E-state index is 12.1. The summed E-state index contributed by atoms with van der Waals surface area (Å²) in [5.74, 6) is -0.0676. The highest BCUT2D eigenvalue weighted by atomic mass is 32.2. The zero-order valence-electron chi connectivity index (χ0n) is 12.2. The summed E-state index contributed by atoms with van der Waals surface area (Å²) in [4.78, 5) is 12.1. The van der Waals surface area contributed by atoms with Gasteiger partial charge in [-0.1, -0.05) is 37.3 Å². The summed E-state index contributed by atoms with van der Waals surface area (Å²) in [7, 11) is -3.76. The van der Waals surface area contributed by atoms with Gasteiger partial charge in [0.25, 0.3) is 5.91 Å². The van der Waals surface area contributed by atoms with Crippen molar-refractivity contribution >= 4 is 27.3 Å². The van der Waals surface area contributed by atoms with Crippen LogP contribution in [-0.4, -0.2) is 20.9 Å². The molecule has 2 aromatic rings. The lowest BCUT2D eigenvalue weighted by Gasteiger charge is -2.15. The van der Waals surface area contributed by atoms with Crippen molar-refractivity contribution < 1.29 is 13.2 Å². The Morgan fingerprint density at radius 1 is 1.32 bits per heavy atom. The summed E-state index contributed by atoms with van der Waals surface area (Å²) in [6, 6.07) is 11.3. The van der Waals surface area contributed by atoms with Crippen molar-refractivity contribution in [2.75, 3.05) is 6.54 Å². The third-order valence-electron chi connectivity index (χ3n) is 3.39. The summed E-state index contributed by atoms with van der Waals surface area (Å²) in [5.41, 5.74) is 1.48. The first-order valence-electron chi connectivity index (χ1n) is 6.86. The van der Waals surface area contributed by atoms with Crippen molar-refractivity contribution in [3.05, 3.63) is 52.9 Å². The molecule has 22 heavy (non-hydrogen) atoms. The van der Waals surface area contributed by atoms with Gasteiger partial charge >= 0.3 is 0 Å². The van der Waals surface area contributed by atoms with Gasteiger partial charge in [0.1, 0.15) is 4.21 Å². The van der Waals surface area contributed by atoms with Gasteiger partial charge in [-0.2, -0.15) is 0 Å². The Balaban J connectivity index is 2.01. The van der Waals surface area contributed by atoms with E-state index in [-0.39, 0.29) is 16.0 Å². The Bertz CT molecular complexity index is 739. The minimum atomic E-state index is -3.76. The van der Waals surface area contributed by atoms with E-state index in [1.165, 1.54) is 17.0 Å². The van der Waals surface area contributed by atoms with Crippen molar-refractivity contribution in [3.63, 3.8) is 0 Å². The Hall–Kier alpha value is -1.70. The molecular formula is C15H18N2O3S2. The first-order chi connectivity index (χ1) is 10.4. The van der Waals surface area contributed by atoms with Gasteiger partial charge in [-0.25, -0.2) is 13.6 Å². The predicted molar refractivity (Wildman–Crippen MR) is 87.5 cm³/mol. The molecule has 7 heteroatoms. The van der Waals surface area contributed by atoms with Gasteiger partial charge in [-0.05, 0) is 18.1 Å². The van der Waals surface area contributed by atoms with E-state index < -0.39 is 10.0 Å². The second-order valence-electron chi connectivity index (χ2n) is 4.93. The van der Waals surface area contributed by atoms with Crippen molar-refractivity contribution in [1.82, 2.24) is 5.32 Å². The lowest BCUT2D eigenvalue weighted by atomic mass is 9.96. The van der Waals surface area contributed by atoms with Crippen LogP contribution in [-0.2, 0) is 10.0 Å². The molecular weight excluding hydrogens is 320 g/mol. The fourth-order valence-electron chi connectivity index (χ4n) is 2.13. The van der Waals surface area contributed by atoms with Crippen LogP contribution in [0.3, 0.4) is 0 Å². The fourth-order valence-corrected chi connectivity index (χ4v) is 3.71. The van der Waals surface area contributed by atoms with Crippen LogP contribution in [0.15, 0.2) is 46.0 Å². The van der Waals surface area contributed by atoms with Crippen LogP contribution in [0.4, 0.5) is 0 Å². The molecule has 0 unspecified atom stereocenters. The first kappa shape index (κ1) is 16.7. The third-order valence-corrected chi connectivity index (χ3v) is 5.78. The summed E-state index contributed by atoms with van der Waals surface area (Å²) < 4.78 is 22.4. The monoisotopic (exact) mass is 338 g/mol. The number of hydrogen-bond donors (Lipinski definition) is 2. The normalized spacial score (nSPS) is 12.8. The number of nitrogens with one attached hydrogen (secondary N) is 1. The molecule has 1 heterocycles. The minimum absolute atomic E-state index is 0.00671. The number of carbonyl (C=O) groups is 1. The van der Waals surface area contributed by atoms with Gasteiger partial charge in [-0.3, -0.25) is 4.79 Å². The largest absolute Gasteiger partial charge is 0.351 e. The molecule has 0 spiro atoms. The number of amides is 1. The van der Waals surface area contributed by atoms with E-state index >= 15 is 0 Å². The average molecular weight is 338 g/mol. The summed E-state index contributed by atoms with van der Waals surface area (Å²) >= 11 is 0.947. The van der Waals surface area contributed by atoms with E-state index in [0.717, 1.165) is 17.8 Å². The first-order valence-corrected chi connectivity index (χ1v) is 9.29. The molecule has 0 saturated carbocycles. The minimum Gasteiger partial charge on any atom is -0.351 e. The van der Waals surface area contributed by atoms with Crippen molar-refractivity contribution in [2.45, 2.75) is 23.5 Å². The Labute approximate surface area is 134 Å². The van der Waals surface area contributed by atoms with Crippen LogP contribution >= 0.6 is 11.3 Å². The van der Waals surface area contributed by atoms with Crippen molar-refractivity contribution in [3.8, 4) is 0 Å². The molecule has 1 aromatic heterocycles. The summed E-state index contributed by atoms with van der Waals surface area (Å²) in [6.45, 7) is 2.56. The van der Waals surface area contributed by atoms with E-state index in [2.05, 4.69) is 12.2 Å². The molecule has 1 aromatic carbocycles. The van der Waals surface area contributed by atoms with E-state index in [1.54, 1.807) is 0 Å². The molecule has 0 fully saturated rings. The van der Waals surface area contributed by atoms with Gasteiger partial charge < -0.3 is 5.32 Å². The zero-order valence-corrected chi connectivity index (χ0v) is 13.8. The molecule has 5 nitrogen and oxygen atoms in total. The van der Waals surface area contributed by atoms with Crippen LogP contribution < -0.4 is 10.5 Å². The lowest BCUT2D eigenvalue weighted by Crippen LogP contribution is -2.28. The van der Waals surface area contributed by atoms with Crippen LogP contribution in [0, 0.1) is 0 Å². The van der Waals surface area contributed by atoms with E-state index in [0.29, 0.717) is 12.1 Å². The maximum Gasteiger partial charge on any atom is 0.252 e. The molecule has 3 N–H and O–H groups in total. The molecule has 2 rings (SSSR count). The Kier molecular flexibility index (Phi) is 5.33. The molecule has 1 amide bonds. The van der Waals surface area contributed by atoms with E-state index in [4.69, 9.17) is 5.14 Å². The predicted octanol–water partition coefficient (Wildman–Crippen LogP) is 2.32. The molecule has 118 valence electrons. The highest BCUT2D eigenvalue weighted by molar-refractivity contribution is 7.91. The number of nitrogens with two attached hydrogens (primary N) is 1. The summed E-state index contributed by atoms with van der Waals surface area (Å²) in [6.07, 6.45) is 0.899. The highest BCUT2D eigenvalue weighted by Gasteiger charge is 2.16. The van der Waals surface area contributed by atoms with Crippen LogP contribution in [0.1, 0.15) is 35.2 Å². The smallest absolute Gasteiger partial charge is 0.252 e. The fraction of sp³-hybridized carbons (Fsp3) is 0.267. The van der Waals surface area contributed by atoms with Crippen LogP contribution in [0.25, 0.3) is 0 Å². The number of benzene rings is 1. The summed E-state index contributed by atoms with van der Waals surface area (Å²) in [5, 5.41) is 9.38. The average Bonchev–Trinajstić information content (AvgIpc) is 2.99. The lowest BCUT2D eigenvalue weighted by molar-refractivity contribution is 0.0951. The second kappa shape index (κ2) is 7.04. The zero-order chi connectivity index (χ0) is 16.2. The topological polar surface area (TPSA) is 89.3 Å². The van der Waals surface area contributed by atoms with Gasteiger partial charge in [-0.15, -0.1) is 11.3 Å². The van der Waals surface area contributed by atoms with Crippen molar-refractivity contribution in [2.24, 2.45) is 5.14 Å². The molecule has 1 atom stereocenters.